The Morgan fingerprint density at radius 1 is 1.41 bits per heavy atom. The summed E-state index contributed by atoms with van der Waals surface area (Å²) in [5, 5.41) is 3.25. The lowest BCUT2D eigenvalue weighted by atomic mass is 10.0. The van der Waals surface area contributed by atoms with E-state index >= 15 is 0 Å². The summed E-state index contributed by atoms with van der Waals surface area (Å²) < 4.78 is 26.1. The number of anilines is 1. The van der Waals surface area contributed by atoms with Crippen molar-refractivity contribution in [3.8, 4) is 0 Å². The van der Waals surface area contributed by atoms with Gasteiger partial charge in [0.25, 0.3) is 0 Å². The highest BCUT2D eigenvalue weighted by atomic mass is 32.2. The van der Waals surface area contributed by atoms with Gasteiger partial charge < -0.3 is 5.32 Å². The van der Waals surface area contributed by atoms with Crippen molar-refractivity contribution in [2.75, 3.05) is 25.5 Å². The molecule has 0 atom stereocenters. The standard InChI is InChI=1S/C12H18N2O2S/c1-3-14(2)17(15,16)12-8-4-7-11-10(12)6-5-9-13-11/h4,7-8,13H,3,5-6,9H2,1-2H3. The third-order valence-electron chi connectivity index (χ3n) is 3.19. The molecule has 1 heterocycles. The van der Waals surface area contributed by atoms with Crippen LogP contribution in [0.25, 0.3) is 0 Å². The number of sulfonamides is 1. The number of hydrogen-bond donors (Lipinski definition) is 1. The lowest BCUT2D eigenvalue weighted by Crippen LogP contribution is -2.28. The number of hydrogen-bond acceptors (Lipinski definition) is 3. The van der Waals surface area contributed by atoms with E-state index in [9.17, 15) is 8.42 Å². The van der Waals surface area contributed by atoms with E-state index in [2.05, 4.69) is 5.32 Å². The van der Waals surface area contributed by atoms with Gasteiger partial charge in [0.1, 0.15) is 0 Å². The van der Waals surface area contributed by atoms with Crippen molar-refractivity contribution in [3.05, 3.63) is 23.8 Å². The van der Waals surface area contributed by atoms with E-state index in [1.807, 2.05) is 13.0 Å². The molecular formula is C12H18N2O2S. The largest absolute Gasteiger partial charge is 0.385 e. The Hall–Kier alpha value is -1.07. The van der Waals surface area contributed by atoms with E-state index < -0.39 is 10.0 Å². The quantitative estimate of drug-likeness (QED) is 0.893. The Morgan fingerprint density at radius 2 is 2.18 bits per heavy atom. The monoisotopic (exact) mass is 254 g/mol. The van der Waals surface area contributed by atoms with Crippen LogP contribution in [0.5, 0.6) is 0 Å². The first kappa shape index (κ1) is 12.4. The van der Waals surface area contributed by atoms with Crippen molar-refractivity contribution in [2.24, 2.45) is 0 Å². The third kappa shape index (κ3) is 2.17. The van der Waals surface area contributed by atoms with Gasteiger partial charge >= 0.3 is 0 Å². The zero-order valence-corrected chi connectivity index (χ0v) is 11.0. The zero-order chi connectivity index (χ0) is 12.5. The van der Waals surface area contributed by atoms with Crippen LogP contribution in [0.2, 0.25) is 0 Å². The van der Waals surface area contributed by atoms with E-state index in [0.29, 0.717) is 11.4 Å². The van der Waals surface area contributed by atoms with Gasteiger partial charge in [0.15, 0.2) is 0 Å². The Bertz CT molecular complexity index is 511. The molecule has 1 aromatic rings. The van der Waals surface area contributed by atoms with Crippen molar-refractivity contribution in [1.82, 2.24) is 4.31 Å². The van der Waals surface area contributed by atoms with Crippen LogP contribution in [0.3, 0.4) is 0 Å². The van der Waals surface area contributed by atoms with Crippen molar-refractivity contribution in [3.63, 3.8) is 0 Å². The van der Waals surface area contributed by atoms with Gasteiger partial charge in [-0.05, 0) is 30.5 Å². The second-order valence-corrected chi connectivity index (χ2v) is 6.25. The molecule has 94 valence electrons. The molecule has 0 aromatic heterocycles. The van der Waals surface area contributed by atoms with E-state index in [1.165, 1.54) is 4.31 Å². The van der Waals surface area contributed by atoms with Gasteiger partial charge in [-0.2, -0.15) is 0 Å². The minimum absolute atomic E-state index is 0.451. The smallest absolute Gasteiger partial charge is 0.243 e. The molecule has 5 heteroatoms. The molecule has 1 N–H and O–H groups in total. The third-order valence-corrected chi connectivity index (χ3v) is 5.20. The van der Waals surface area contributed by atoms with Crippen LogP contribution in [0.4, 0.5) is 5.69 Å². The minimum atomic E-state index is -3.34. The molecule has 1 aromatic carbocycles. The molecule has 1 aliphatic heterocycles. The summed E-state index contributed by atoms with van der Waals surface area (Å²) in [6.07, 6.45) is 1.81. The van der Waals surface area contributed by atoms with Crippen molar-refractivity contribution >= 4 is 15.7 Å². The molecule has 0 fully saturated rings. The lowest BCUT2D eigenvalue weighted by molar-refractivity contribution is 0.485. The molecule has 0 unspecified atom stereocenters. The molecule has 0 aliphatic carbocycles. The zero-order valence-electron chi connectivity index (χ0n) is 10.2. The molecule has 0 spiro atoms. The topological polar surface area (TPSA) is 49.4 Å². The van der Waals surface area contributed by atoms with Crippen LogP contribution in [-0.4, -0.2) is 32.9 Å². The van der Waals surface area contributed by atoms with Crippen molar-refractivity contribution in [1.29, 1.82) is 0 Å². The van der Waals surface area contributed by atoms with Crippen LogP contribution >= 0.6 is 0 Å². The number of nitrogens with one attached hydrogen (secondary N) is 1. The maximum atomic E-state index is 12.3. The molecule has 1 aliphatic rings. The fourth-order valence-electron chi connectivity index (χ4n) is 2.06. The maximum Gasteiger partial charge on any atom is 0.243 e. The molecule has 0 radical (unpaired) electrons. The summed E-state index contributed by atoms with van der Waals surface area (Å²) >= 11 is 0. The first-order valence-electron chi connectivity index (χ1n) is 5.89. The van der Waals surface area contributed by atoms with Crippen LogP contribution in [0, 0.1) is 0 Å². The fourth-order valence-corrected chi connectivity index (χ4v) is 3.51. The van der Waals surface area contributed by atoms with Crippen LogP contribution < -0.4 is 5.32 Å². The predicted molar refractivity (Wildman–Crippen MR) is 68.7 cm³/mol. The number of benzene rings is 1. The number of nitrogens with zero attached hydrogens (tertiary/aromatic N) is 1. The van der Waals surface area contributed by atoms with Crippen LogP contribution in [0.1, 0.15) is 18.9 Å². The van der Waals surface area contributed by atoms with Gasteiger partial charge in [-0.15, -0.1) is 0 Å². The first-order chi connectivity index (χ1) is 8.07. The van der Waals surface area contributed by atoms with E-state index in [0.717, 1.165) is 30.6 Å². The van der Waals surface area contributed by atoms with Crippen LogP contribution in [-0.2, 0) is 16.4 Å². The highest BCUT2D eigenvalue weighted by Gasteiger charge is 2.25. The molecule has 0 saturated heterocycles. The predicted octanol–water partition coefficient (Wildman–Crippen LogP) is 1.69. The number of fused-ring (bicyclic) bond motifs is 1. The Kier molecular flexibility index (Phi) is 3.40. The van der Waals surface area contributed by atoms with Gasteiger partial charge in [0.2, 0.25) is 10.0 Å². The van der Waals surface area contributed by atoms with Crippen molar-refractivity contribution < 1.29 is 8.42 Å². The summed E-state index contributed by atoms with van der Waals surface area (Å²) in [4.78, 5) is 0.451. The fraction of sp³-hybridized carbons (Fsp3) is 0.500. The molecule has 17 heavy (non-hydrogen) atoms. The Morgan fingerprint density at radius 3 is 2.88 bits per heavy atom. The van der Waals surface area contributed by atoms with E-state index in [-0.39, 0.29) is 0 Å². The normalized spacial score (nSPS) is 15.5. The minimum Gasteiger partial charge on any atom is -0.385 e. The molecule has 2 rings (SSSR count). The summed E-state index contributed by atoms with van der Waals surface area (Å²) in [5.74, 6) is 0. The maximum absolute atomic E-state index is 12.3. The lowest BCUT2D eigenvalue weighted by Gasteiger charge is -2.23. The summed E-state index contributed by atoms with van der Waals surface area (Å²) in [7, 11) is -1.72. The Balaban J connectivity index is 2.53. The van der Waals surface area contributed by atoms with E-state index in [1.54, 1.807) is 19.2 Å². The van der Waals surface area contributed by atoms with Gasteiger partial charge in [-0.25, -0.2) is 12.7 Å². The van der Waals surface area contributed by atoms with Crippen LogP contribution in [0.15, 0.2) is 23.1 Å². The van der Waals surface area contributed by atoms with Crippen molar-refractivity contribution in [2.45, 2.75) is 24.7 Å². The second kappa shape index (κ2) is 4.66. The molecule has 4 nitrogen and oxygen atoms in total. The van der Waals surface area contributed by atoms with Gasteiger partial charge in [0, 0.05) is 25.8 Å². The second-order valence-electron chi connectivity index (χ2n) is 4.23. The summed E-state index contributed by atoms with van der Waals surface area (Å²) in [6, 6.07) is 5.44. The number of rotatable bonds is 3. The first-order valence-corrected chi connectivity index (χ1v) is 7.33. The summed E-state index contributed by atoms with van der Waals surface area (Å²) in [5.41, 5.74) is 1.89. The van der Waals surface area contributed by atoms with Gasteiger partial charge in [-0.3, -0.25) is 0 Å². The molecule has 0 amide bonds. The summed E-state index contributed by atoms with van der Waals surface area (Å²) in [6.45, 7) is 3.24. The molecule has 0 saturated carbocycles. The highest BCUT2D eigenvalue weighted by Crippen LogP contribution is 2.29. The average Bonchev–Trinajstić information content (AvgIpc) is 2.37. The van der Waals surface area contributed by atoms with E-state index in [4.69, 9.17) is 0 Å². The molecule has 0 bridgehead atoms. The molecular weight excluding hydrogens is 236 g/mol. The van der Waals surface area contributed by atoms with Gasteiger partial charge in [0.05, 0.1) is 4.90 Å². The average molecular weight is 254 g/mol. The SMILES string of the molecule is CCN(C)S(=O)(=O)c1cccc2c1CCCN2. The van der Waals surface area contributed by atoms with Gasteiger partial charge in [-0.1, -0.05) is 13.0 Å². The highest BCUT2D eigenvalue weighted by molar-refractivity contribution is 7.89. The Labute approximate surface area is 103 Å².